The van der Waals surface area contributed by atoms with Gasteiger partial charge in [0, 0.05) is 23.5 Å². The maximum absolute atomic E-state index is 12.8. The molecule has 0 saturated carbocycles. The predicted octanol–water partition coefficient (Wildman–Crippen LogP) is 4.42. The summed E-state index contributed by atoms with van der Waals surface area (Å²) in [4.78, 5) is 13.7. The maximum atomic E-state index is 12.8. The summed E-state index contributed by atoms with van der Waals surface area (Å²) < 4.78 is 32.6. The molecule has 8 nitrogen and oxygen atoms in total. The number of anilines is 1. The van der Waals surface area contributed by atoms with Crippen molar-refractivity contribution < 1.29 is 17.6 Å². The fourth-order valence-corrected chi connectivity index (χ4v) is 5.35. The van der Waals surface area contributed by atoms with E-state index in [9.17, 15) is 13.2 Å². The molecule has 1 heterocycles. The Morgan fingerprint density at radius 1 is 1.00 bits per heavy atom. The smallest absolute Gasteiger partial charge is 0.322 e. The SMILES string of the molecule is CCCN(CCC)S(=O)(=O)c1ccc(C(=O)Nc2nnc(CSc3ccccc3)o2)cc1. The van der Waals surface area contributed by atoms with Gasteiger partial charge in [-0.2, -0.15) is 4.31 Å². The number of amides is 1. The van der Waals surface area contributed by atoms with Gasteiger partial charge in [-0.05, 0) is 49.2 Å². The van der Waals surface area contributed by atoms with E-state index in [2.05, 4.69) is 15.5 Å². The normalized spacial score (nSPS) is 11.6. The second kappa shape index (κ2) is 11.3. The third-order valence-corrected chi connectivity index (χ3v) is 7.40. The Bertz CT molecular complexity index is 1110. The minimum Gasteiger partial charge on any atom is -0.407 e. The van der Waals surface area contributed by atoms with Gasteiger partial charge in [0.1, 0.15) is 0 Å². The molecule has 0 saturated heterocycles. The first-order valence-corrected chi connectivity index (χ1v) is 12.8. The van der Waals surface area contributed by atoms with E-state index in [0.717, 1.165) is 17.7 Å². The van der Waals surface area contributed by atoms with Gasteiger partial charge in [0.2, 0.25) is 15.9 Å². The Balaban J connectivity index is 1.62. The van der Waals surface area contributed by atoms with Crippen molar-refractivity contribution >= 4 is 33.7 Å². The van der Waals surface area contributed by atoms with Crippen molar-refractivity contribution in [1.29, 1.82) is 0 Å². The molecule has 0 aliphatic rings. The standard InChI is InChI=1S/C22H26N4O4S2/c1-3-14-26(15-4-2)32(28,29)19-12-10-17(11-13-19)21(27)23-22-25-24-20(30-22)16-31-18-8-6-5-7-9-18/h5-13H,3-4,14-16H2,1-2H3,(H,23,25,27). The van der Waals surface area contributed by atoms with Crippen molar-refractivity contribution in [2.24, 2.45) is 0 Å². The largest absolute Gasteiger partial charge is 0.407 e. The van der Waals surface area contributed by atoms with Crippen LogP contribution in [0.25, 0.3) is 0 Å². The van der Waals surface area contributed by atoms with Gasteiger partial charge in [-0.3, -0.25) is 10.1 Å². The van der Waals surface area contributed by atoms with Crippen molar-refractivity contribution in [3.05, 3.63) is 66.1 Å². The zero-order valence-electron chi connectivity index (χ0n) is 18.0. The molecular formula is C22H26N4O4S2. The number of hydrogen-bond acceptors (Lipinski definition) is 7. The number of nitrogens with zero attached hydrogens (tertiary/aromatic N) is 3. The van der Waals surface area contributed by atoms with Crippen LogP contribution in [0.3, 0.4) is 0 Å². The van der Waals surface area contributed by atoms with Gasteiger partial charge in [0.15, 0.2) is 0 Å². The van der Waals surface area contributed by atoms with Crippen LogP contribution in [-0.2, 0) is 15.8 Å². The van der Waals surface area contributed by atoms with E-state index >= 15 is 0 Å². The Labute approximate surface area is 192 Å². The lowest BCUT2D eigenvalue weighted by Crippen LogP contribution is -2.32. The molecule has 0 radical (unpaired) electrons. The fraction of sp³-hybridized carbons (Fsp3) is 0.318. The Morgan fingerprint density at radius 3 is 2.28 bits per heavy atom. The molecule has 0 aliphatic heterocycles. The quantitative estimate of drug-likeness (QED) is 0.410. The molecule has 1 N–H and O–H groups in total. The van der Waals surface area contributed by atoms with Crippen LogP contribution in [0.2, 0.25) is 0 Å². The molecule has 2 aromatic carbocycles. The predicted molar refractivity (Wildman–Crippen MR) is 124 cm³/mol. The average Bonchev–Trinajstić information content (AvgIpc) is 3.25. The van der Waals surface area contributed by atoms with Crippen LogP contribution < -0.4 is 5.32 Å². The van der Waals surface area contributed by atoms with E-state index < -0.39 is 15.9 Å². The molecule has 0 fully saturated rings. The summed E-state index contributed by atoms with van der Waals surface area (Å²) in [7, 11) is -3.59. The van der Waals surface area contributed by atoms with Crippen LogP contribution in [-0.4, -0.2) is 41.9 Å². The molecule has 0 aliphatic carbocycles. The average molecular weight is 475 g/mol. The third kappa shape index (κ3) is 6.18. The maximum Gasteiger partial charge on any atom is 0.322 e. The monoisotopic (exact) mass is 474 g/mol. The second-order valence-electron chi connectivity index (χ2n) is 6.99. The third-order valence-electron chi connectivity index (χ3n) is 4.49. The molecule has 0 spiro atoms. The number of carbonyl (C=O) groups excluding carboxylic acids is 1. The van der Waals surface area contributed by atoms with E-state index in [-0.39, 0.29) is 10.9 Å². The van der Waals surface area contributed by atoms with Crippen LogP contribution >= 0.6 is 11.8 Å². The van der Waals surface area contributed by atoms with Gasteiger partial charge in [-0.25, -0.2) is 8.42 Å². The van der Waals surface area contributed by atoms with E-state index in [1.165, 1.54) is 28.6 Å². The van der Waals surface area contributed by atoms with Gasteiger partial charge in [-0.1, -0.05) is 37.1 Å². The number of aromatic nitrogens is 2. The van der Waals surface area contributed by atoms with Crippen molar-refractivity contribution in [3.63, 3.8) is 0 Å². The Morgan fingerprint density at radius 2 is 1.66 bits per heavy atom. The molecule has 1 amide bonds. The molecule has 0 atom stereocenters. The highest BCUT2D eigenvalue weighted by atomic mass is 32.2. The van der Waals surface area contributed by atoms with Crippen LogP contribution in [0.4, 0.5) is 6.01 Å². The Hall–Kier alpha value is -2.69. The molecule has 0 bridgehead atoms. The topological polar surface area (TPSA) is 105 Å². The number of carbonyl (C=O) groups is 1. The molecular weight excluding hydrogens is 448 g/mol. The van der Waals surface area contributed by atoms with E-state index in [1.54, 1.807) is 11.8 Å². The minimum atomic E-state index is -3.59. The number of sulfonamides is 1. The summed E-state index contributed by atoms with van der Waals surface area (Å²) in [6.07, 6.45) is 1.46. The highest BCUT2D eigenvalue weighted by molar-refractivity contribution is 7.98. The van der Waals surface area contributed by atoms with E-state index in [0.29, 0.717) is 30.3 Å². The number of benzene rings is 2. The lowest BCUT2D eigenvalue weighted by molar-refractivity contribution is 0.102. The van der Waals surface area contributed by atoms with E-state index in [1.807, 2.05) is 44.2 Å². The van der Waals surface area contributed by atoms with Gasteiger partial charge in [0.25, 0.3) is 5.91 Å². The number of nitrogens with one attached hydrogen (secondary N) is 1. The van der Waals surface area contributed by atoms with Gasteiger partial charge in [0.05, 0.1) is 10.6 Å². The zero-order chi connectivity index (χ0) is 23.0. The van der Waals surface area contributed by atoms with E-state index in [4.69, 9.17) is 4.42 Å². The molecule has 10 heteroatoms. The van der Waals surface area contributed by atoms with Gasteiger partial charge in [-0.15, -0.1) is 16.9 Å². The van der Waals surface area contributed by atoms with Crippen LogP contribution in [0.15, 0.2) is 68.8 Å². The van der Waals surface area contributed by atoms with Crippen LogP contribution in [0, 0.1) is 0 Å². The summed E-state index contributed by atoms with van der Waals surface area (Å²) in [5.74, 6) is 0.409. The number of rotatable bonds is 11. The fourth-order valence-electron chi connectivity index (χ4n) is 2.97. The van der Waals surface area contributed by atoms with Crippen molar-refractivity contribution in [1.82, 2.24) is 14.5 Å². The summed E-state index contributed by atoms with van der Waals surface area (Å²) in [5, 5.41) is 10.3. The van der Waals surface area contributed by atoms with Gasteiger partial charge < -0.3 is 4.42 Å². The first-order chi connectivity index (χ1) is 15.4. The van der Waals surface area contributed by atoms with Crippen LogP contribution in [0.1, 0.15) is 42.9 Å². The first kappa shape index (κ1) is 24.0. The summed E-state index contributed by atoms with van der Waals surface area (Å²) in [6, 6.07) is 15.6. The molecule has 1 aromatic heterocycles. The van der Waals surface area contributed by atoms with Crippen molar-refractivity contribution in [3.8, 4) is 0 Å². The van der Waals surface area contributed by atoms with Crippen molar-refractivity contribution in [2.45, 2.75) is 42.2 Å². The summed E-state index contributed by atoms with van der Waals surface area (Å²) in [5.41, 5.74) is 0.292. The zero-order valence-corrected chi connectivity index (χ0v) is 19.7. The molecule has 3 aromatic rings. The molecule has 0 unspecified atom stereocenters. The summed E-state index contributed by atoms with van der Waals surface area (Å²) in [6.45, 7) is 4.80. The minimum absolute atomic E-state index is 0.00701. The lowest BCUT2D eigenvalue weighted by Gasteiger charge is -2.21. The Kier molecular flexibility index (Phi) is 8.43. The van der Waals surface area contributed by atoms with Crippen molar-refractivity contribution in [2.75, 3.05) is 18.4 Å². The second-order valence-corrected chi connectivity index (χ2v) is 9.97. The number of thioether (sulfide) groups is 1. The molecule has 32 heavy (non-hydrogen) atoms. The molecule has 170 valence electrons. The first-order valence-electron chi connectivity index (χ1n) is 10.4. The lowest BCUT2D eigenvalue weighted by atomic mass is 10.2. The summed E-state index contributed by atoms with van der Waals surface area (Å²) >= 11 is 1.55. The van der Waals surface area contributed by atoms with Crippen LogP contribution in [0.5, 0.6) is 0 Å². The van der Waals surface area contributed by atoms with Gasteiger partial charge >= 0.3 is 6.01 Å². The number of hydrogen-bond donors (Lipinski definition) is 1. The molecule has 3 rings (SSSR count). The highest BCUT2D eigenvalue weighted by Gasteiger charge is 2.23. The highest BCUT2D eigenvalue weighted by Crippen LogP contribution is 2.23.